The smallest absolute Gasteiger partial charge is 0.250 e. The molecule has 31 heavy (non-hydrogen) atoms. The molecule has 0 bridgehead atoms. The van der Waals surface area contributed by atoms with Crippen molar-refractivity contribution in [3.63, 3.8) is 0 Å². The number of hydrogen-bond donors (Lipinski definition) is 2. The van der Waals surface area contributed by atoms with Gasteiger partial charge in [-0.3, -0.25) is 9.69 Å². The number of primary amides is 1. The summed E-state index contributed by atoms with van der Waals surface area (Å²) in [4.78, 5) is 18.0. The number of likely N-dealkylation sites (tertiary alicyclic amines) is 1. The third-order valence-corrected chi connectivity index (χ3v) is 6.04. The summed E-state index contributed by atoms with van der Waals surface area (Å²) in [6.07, 6.45) is 5.42. The standard InChI is InChI=1S/C25H30N4O2/c1-18-6-4-5-14-29(18)15-13-27-16-19-9-11-23(22-8-3-2-7-21(19)22)31-24-12-10-20(17-28-24)25(26)30/h2-3,7-12,17-18,27H,4-6,13-16H2,1H3,(H2,26,30). The molecular weight excluding hydrogens is 388 g/mol. The zero-order valence-electron chi connectivity index (χ0n) is 18.0. The van der Waals surface area contributed by atoms with Gasteiger partial charge in [-0.05, 0) is 49.4 Å². The molecule has 2 heterocycles. The molecule has 6 heteroatoms. The number of benzene rings is 2. The van der Waals surface area contributed by atoms with Gasteiger partial charge >= 0.3 is 0 Å². The third kappa shape index (κ3) is 5.21. The number of pyridine rings is 1. The highest BCUT2D eigenvalue weighted by Gasteiger charge is 2.17. The Kier molecular flexibility index (Phi) is 6.79. The minimum Gasteiger partial charge on any atom is -0.438 e. The van der Waals surface area contributed by atoms with Crippen molar-refractivity contribution in [2.75, 3.05) is 19.6 Å². The van der Waals surface area contributed by atoms with E-state index in [-0.39, 0.29) is 0 Å². The summed E-state index contributed by atoms with van der Waals surface area (Å²) in [5, 5.41) is 5.80. The average Bonchev–Trinajstić information content (AvgIpc) is 2.79. The summed E-state index contributed by atoms with van der Waals surface area (Å²) in [5.41, 5.74) is 6.88. The van der Waals surface area contributed by atoms with Gasteiger partial charge in [0, 0.05) is 43.3 Å². The van der Waals surface area contributed by atoms with E-state index >= 15 is 0 Å². The van der Waals surface area contributed by atoms with Crippen LogP contribution in [0.3, 0.4) is 0 Å². The van der Waals surface area contributed by atoms with Crippen LogP contribution in [0.5, 0.6) is 11.6 Å². The normalized spacial score (nSPS) is 17.0. The van der Waals surface area contributed by atoms with E-state index in [2.05, 4.69) is 40.3 Å². The largest absolute Gasteiger partial charge is 0.438 e. The van der Waals surface area contributed by atoms with E-state index in [1.165, 1.54) is 37.6 Å². The lowest BCUT2D eigenvalue weighted by molar-refractivity contribution is 0.1000. The molecule has 2 aromatic carbocycles. The monoisotopic (exact) mass is 418 g/mol. The minimum absolute atomic E-state index is 0.359. The summed E-state index contributed by atoms with van der Waals surface area (Å²) < 4.78 is 6.01. The Hall–Kier alpha value is -2.96. The van der Waals surface area contributed by atoms with E-state index in [4.69, 9.17) is 10.5 Å². The Morgan fingerprint density at radius 2 is 2.00 bits per heavy atom. The molecule has 1 amide bonds. The lowest BCUT2D eigenvalue weighted by atomic mass is 10.0. The molecule has 4 rings (SSSR count). The zero-order chi connectivity index (χ0) is 21.6. The van der Waals surface area contributed by atoms with Gasteiger partial charge in [0.15, 0.2) is 0 Å². The van der Waals surface area contributed by atoms with Gasteiger partial charge in [0.2, 0.25) is 11.8 Å². The van der Waals surface area contributed by atoms with Gasteiger partial charge < -0.3 is 15.8 Å². The number of nitrogens with one attached hydrogen (secondary N) is 1. The fraction of sp³-hybridized carbons (Fsp3) is 0.360. The van der Waals surface area contributed by atoms with Gasteiger partial charge in [0.1, 0.15) is 5.75 Å². The van der Waals surface area contributed by atoms with Crippen LogP contribution in [0, 0.1) is 0 Å². The molecule has 1 fully saturated rings. The Morgan fingerprint density at radius 3 is 2.74 bits per heavy atom. The van der Waals surface area contributed by atoms with Gasteiger partial charge in [-0.15, -0.1) is 0 Å². The van der Waals surface area contributed by atoms with Crippen LogP contribution in [-0.2, 0) is 6.54 Å². The number of carbonyl (C=O) groups excluding carboxylic acids is 1. The number of piperidine rings is 1. The predicted molar refractivity (Wildman–Crippen MR) is 123 cm³/mol. The Labute approximate surface area is 183 Å². The van der Waals surface area contributed by atoms with E-state index in [1.54, 1.807) is 12.1 Å². The number of nitrogens with zero attached hydrogens (tertiary/aromatic N) is 2. The molecule has 6 nitrogen and oxygen atoms in total. The molecule has 3 N–H and O–H groups in total. The Balaban J connectivity index is 1.43. The number of nitrogens with two attached hydrogens (primary N) is 1. The molecule has 3 aromatic rings. The van der Waals surface area contributed by atoms with Crippen molar-refractivity contribution in [1.82, 2.24) is 15.2 Å². The fourth-order valence-electron chi connectivity index (χ4n) is 4.21. The van der Waals surface area contributed by atoms with Crippen LogP contribution in [0.4, 0.5) is 0 Å². The summed E-state index contributed by atoms with van der Waals surface area (Å²) >= 11 is 0. The van der Waals surface area contributed by atoms with Gasteiger partial charge in [-0.25, -0.2) is 4.98 Å². The first-order valence-electron chi connectivity index (χ1n) is 11.0. The van der Waals surface area contributed by atoms with E-state index in [9.17, 15) is 4.79 Å². The molecule has 0 aliphatic carbocycles. The number of fused-ring (bicyclic) bond motifs is 1. The second-order valence-corrected chi connectivity index (χ2v) is 8.18. The quantitative estimate of drug-likeness (QED) is 0.539. The minimum atomic E-state index is -0.504. The van der Waals surface area contributed by atoms with Crippen LogP contribution >= 0.6 is 0 Å². The number of amides is 1. The molecule has 1 unspecified atom stereocenters. The van der Waals surface area contributed by atoms with Crippen LogP contribution in [0.2, 0.25) is 0 Å². The molecule has 1 atom stereocenters. The van der Waals surface area contributed by atoms with Gasteiger partial charge in [-0.2, -0.15) is 0 Å². The van der Waals surface area contributed by atoms with E-state index in [1.807, 2.05) is 18.2 Å². The average molecular weight is 419 g/mol. The van der Waals surface area contributed by atoms with Gasteiger partial charge in [0.25, 0.3) is 0 Å². The lowest BCUT2D eigenvalue weighted by Gasteiger charge is -2.33. The highest BCUT2D eigenvalue weighted by atomic mass is 16.5. The van der Waals surface area contributed by atoms with Gasteiger partial charge in [-0.1, -0.05) is 36.8 Å². The zero-order valence-corrected chi connectivity index (χ0v) is 18.0. The molecule has 1 aromatic heterocycles. The molecule has 1 aliphatic heterocycles. The summed E-state index contributed by atoms with van der Waals surface area (Å²) in [6.45, 7) is 6.43. The van der Waals surface area contributed by atoms with Crippen molar-refractivity contribution in [1.29, 1.82) is 0 Å². The van der Waals surface area contributed by atoms with Crippen molar-refractivity contribution in [2.45, 2.75) is 38.8 Å². The summed E-state index contributed by atoms with van der Waals surface area (Å²) in [7, 11) is 0. The number of rotatable bonds is 8. The van der Waals surface area contributed by atoms with Crippen LogP contribution in [0.25, 0.3) is 10.8 Å². The first kappa shape index (κ1) is 21.3. The van der Waals surface area contributed by atoms with E-state index in [0.717, 1.165) is 36.2 Å². The fourth-order valence-corrected chi connectivity index (χ4v) is 4.21. The maximum Gasteiger partial charge on any atom is 0.250 e. The van der Waals surface area contributed by atoms with Crippen molar-refractivity contribution >= 4 is 16.7 Å². The number of aromatic nitrogens is 1. The number of hydrogen-bond acceptors (Lipinski definition) is 5. The third-order valence-electron chi connectivity index (χ3n) is 6.04. The second kappa shape index (κ2) is 9.90. The predicted octanol–water partition coefficient (Wildman–Crippen LogP) is 4.09. The molecule has 0 radical (unpaired) electrons. The maximum atomic E-state index is 11.2. The second-order valence-electron chi connectivity index (χ2n) is 8.18. The molecule has 162 valence electrons. The van der Waals surface area contributed by atoms with E-state index in [0.29, 0.717) is 17.5 Å². The number of ether oxygens (including phenoxy) is 1. The van der Waals surface area contributed by atoms with E-state index < -0.39 is 5.91 Å². The molecule has 0 saturated carbocycles. The molecule has 1 saturated heterocycles. The van der Waals surface area contributed by atoms with Crippen molar-refractivity contribution in [2.24, 2.45) is 5.73 Å². The highest BCUT2D eigenvalue weighted by Crippen LogP contribution is 2.31. The highest BCUT2D eigenvalue weighted by molar-refractivity contribution is 5.92. The molecule has 1 aliphatic rings. The first-order valence-corrected chi connectivity index (χ1v) is 11.0. The van der Waals surface area contributed by atoms with Crippen molar-refractivity contribution < 1.29 is 9.53 Å². The maximum absolute atomic E-state index is 11.2. The SMILES string of the molecule is CC1CCCCN1CCNCc1ccc(Oc2ccc(C(N)=O)cn2)c2ccccc12. The van der Waals surface area contributed by atoms with Crippen molar-refractivity contribution in [3.8, 4) is 11.6 Å². The number of carbonyl (C=O) groups is 1. The molecule has 0 spiro atoms. The van der Waals surface area contributed by atoms with Crippen molar-refractivity contribution in [3.05, 3.63) is 65.9 Å². The van der Waals surface area contributed by atoms with Gasteiger partial charge in [0.05, 0.1) is 5.56 Å². The van der Waals surface area contributed by atoms with Crippen LogP contribution in [0.1, 0.15) is 42.1 Å². The van der Waals surface area contributed by atoms with Crippen LogP contribution in [-0.4, -0.2) is 41.5 Å². The summed E-state index contributed by atoms with van der Waals surface area (Å²) in [5.74, 6) is 0.661. The van der Waals surface area contributed by atoms with Crippen LogP contribution in [0.15, 0.2) is 54.7 Å². The molecular formula is C25H30N4O2. The summed E-state index contributed by atoms with van der Waals surface area (Å²) in [6, 6.07) is 16.3. The Morgan fingerprint density at radius 1 is 1.16 bits per heavy atom. The topological polar surface area (TPSA) is 80.5 Å². The Bertz CT molecular complexity index is 1040. The van der Waals surface area contributed by atoms with Crippen LogP contribution < -0.4 is 15.8 Å². The first-order chi connectivity index (χ1) is 15.1. The lowest BCUT2D eigenvalue weighted by Crippen LogP contribution is -2.41.